The number of aromatic amines is 4. The number of hydrogen-bond donors (Lipinski definition) is 4. The molecule has 0 fully saturated rings. The molecule has 4 heterocycles. The molecule has 72 heavy (non-hydrogen) atoms. The van der Waals surface area contributed by atoms with Crippen molar-refractivity contribution in [1.82, 2.24) is 29.1 Å². The van der Waals surface area contributed by atoms with Gasteiger partial charge in [-0.15, -0.1) is 0 Å². The van der Waals surface area contributed by atoms with Gasteiger partial charge < -0.3 is 19.9 Å². The Labute approximate surface area is 434 Å². The Kier molecular flexibility index (Phi) is 21.9. The van der Waals surface area contributed by atoms with Gasteiger partial charge in [0, 0.05) is 51.1 Å². The van der Waals surface area contributed by atoms with Crippen LogP contribution in [-0.4, -0.2) is 45.9 Å². The summed E-state index contributed by atoms with van der Waals surface area (Å²) >= 11 is 0. The Balaban J connectivity index is 0.000000468. The SMILES string of the molecule is CC.CC.CC(C)(C)c1cc2cc[nH]c(=O)c2cc1C(C)(C)C.CC(C)(C)c1cc2cc[nH]c(=O)c2cc1C(C)(C)C.CC(C)(C)n1c(=O)[nH]c2ccccc21.CC(C)(C)n1c(=O)[nH]c2ccccc21.[B].[B]. The first-order valence-electron chi connectivity index (χ1n) is 24.9. The quantitative estimate of drug-likeness (QED) is 0.112. The van der Waals surface area contributed by atoms with Gasteiger partial charge in [-0.2, -0.15) is 0 Å². The van der Waals surface area contributed by atoms with E-state index >= 15 is 0 Å². The number of aromatic nitrogens is 6. The summed E-state index contributed by atoms with van der Waals surface area (Å²) in [6.07, 6.45) is 3.43. The van der Waals surface area contributed by atoms with Crippen LogP contribution in [0.5, 0.6) is 0 Å². The highest BCUT2D eigenvalue weighted by Gasteiger charge is 2.27. The largest absolute Gasteiger partial charge is 0.329 e. The second kappa shape index (κ2) is 24.6. The number of H-pyrrole nitrogens is 4. The molecule has 0 saturated heterocycles. The first kappa shape index (κ1) is 64.0. The fourth-order valence-corrected chi connectivity index (χ4v) is 8.40. The fourth-order valence-electron chi connectivity index (χ4n) is 8.40. The number of rotatable bonds is 0. The van der Waals surface area contributed by atoms with Gasteiger partial charge in [-0.3, -0.25) is 18.7 Å². The molecule has 0 aliphatic carbocycles. The molecule has 0 amide bonds. The number of benzene rings is 4. The molecule has 12 heteroatoms. The first-order chi connectivity index (χ1) is 32.2. The third kappa shape index (κ3) is 15.5. The monoisotopic (exact) mass is 977 g/mol. The van der Waals surface area contributed by atoms with Crippen LogP contribution in [0.2, 0.25) is 0 Å². The molecule has 4 aromatic carbocycles. The highest BCUT2D eigenvalue weighted by Crippen LogP contribution is 2.37. The third-order valence-corrected chi connectivity index (χ3v) is 11.6. The summed E-state index contributed by atoms with van der Waals surface area (Å²) in [7, 11) is 0. The smallest absolute Gasteiger partial charge is 0.326 e. The molecule has 386 valence electrons. The Bertz CT molecular complexity index is 3030. The van der Waals surface area contributed by atoms with Gasteiger partial charge in [-0.1, -0.05) is 147 Å². The zero-order valence-electron chi connectivity index (χ0n) is 47.9. The van der Waals surface area contributed by atoms with E-state index in [0.29, 0.717) is 0 Å². The minimum Gasteiger partial charge on any atom is -0.329 e. The van der Waals surface area contributed by atoms with E-state index in [1.54, 1.807) is 21.5 Å². The summed E-state index contributed by atoms with van der Waals surface area (Å²) < 4.78 is 3.56. The van der Waals surface area contributed by atoms with Gasteiger partial charge in [0.2, 0.25) is 0 Å². The summed E-state index contributed by atoms with van der Waals surface area (Å²) in [6, 6.07) is 27.9. The van der Waals surface area contributed by atoms with Crippen molar-refractivity contribution in [3.63, 3.8) is 0 Å². The van der Waals surface area contributed by atoms with Crippen molar-refractivity contribution in [1.29, 1.82) is 0 Å². The summed E-state index contributed by atoms with van der Waals surface area (Å²) in [5, 5.41) is 3.59. The average Bonchev–Trinajstić information content (AvgIpc) is 3.79. The van der Waals surface area contributed by atoms with E-state index in [-0.39, 0.29) is 72.1 Å². The van der Waals surface area contributed by atoms with Gasteiger partial charge in [0.05, 0.1) is 22.1 Å². The van der Waals surface area contributed by atoms with E-state index in [2.05, 4.69) is 127 Å². The van der Waals surface area contributed by atoms with Crippen LogP contribution in [0.25, 0.3) is 43.6 Å². The molecule has 0 bridgehead atoms. The minimum atomic E-state index is -0.184. The number of para-hydroxylation sites is 4. The molecule has 4 N–H and O–H groups in total. The van der Waals surface area contributed by atoms with Crippen LogP contribution in [-0.2, 0) is 32.7 Å². The normalized spacial score (nSPS) is 11.8. The number of imidazole rings is 2. The van der Waals surface area contributed by atoms with E-state index in [0.717, 1.165) is 43.6 Å². The molecule has 10 nitrogen and oxygen atoms in total. The van der Waals surface area contributed by atoms with E-state index in [1.807, 2.05) is 130 Å². The molecule has 0 aliphatic rings. The van der Waals surface area contributed by atoms with Crippen molar-refractivity contribution in [2.45, 2.75) is 185 Å². The second-order valence-electron chi connectivity index (χ2n) is 23.5. The summed E-state index contributed by atoms with van der Waals surface area (Å²) in [4.78, 5) is 58.5. The Morgan fingerprint density at radius 1 is 0.375 bits per heavy atom. The van der Waals surface area contributed by atoms with Crippen LogP contribution in [0.15, 0.2) is 117 Å². The molecule has 8 rings (SSSR count). The maximum Gasteiger partial charge on any atom is 0.326 e. The molecule has 0 spiro atoms. The standard InChI is InChI=1S/2C17H23NO.2C11H14N2O.2C2H6.2B/c2*1-16(2,3)13-9-11-7-8-18-15(19)12(11)10-14(13)17(4,5)6;2*1-11(2,3)13-9-7-5-4-6-8(9)12-10(13)14;2*1-2;;/h2*7-10H,1-6H3,(H,18,19);2*4-7H,1-3H3,(H,12,14);2*1-2H3;;. The molecule has 0 saturated carbocycles. The van der Waals surface area contributed by atoms with Gasteiger partial charge in [0.25, 0.3) is 11.1 Å². The predicted octanol–water partition coefficient (Wildman–Crippen LogP) is 13.7. The van der Waals surface area contributed by atoms with E-state index in [1.165, 1.54) is 22.3 Å². The van der Waals surface area contributed by atoms with Crippen molar-refractivity contribution in [3.05, 3.63) is 161 Å². The Morgan fingerprint density at radius 3 is 0.903 bits per heavy atom. The lowest BCUT2D eigenvalue weighted by atomic mass is 9.74. The van der Waals surface area contributed by atoms with E-state index in [4.69, 9.17) is 0 Å². The highest BCUT2D eigenvalue weighted by molar-refractivity contribution is 5.85. The molecule has 0 atom stereocenters. The van der Waals surface area contributed by atoms with Gasteiger partial charge in [0.1, 0.15) is 0 Å². The topological polar surface area (TPSA) is 141 Å². The first-order valence-corrected chi connectivity index (χ1v) is 24.9. The molecular formula is C60H86B2N6O4. The number of nitrogens with zero attached hydrogens (tertiary/aromatic N) is 2. The summed E-state index contributed by atoms with van der Waals surface area (Å²) in [5.74, 6) is 0. The van der Waals surface area contributed by atoms with Gasteiger partial charge in [0.15, 0.2) is 0 Å². The number of pyridine rings is 2. The molecule has 0 unspecified atom stereocenters. The molecule has 6 radical (unpaired) electrons. The van der Waals surface area contributed by atoms with Crippen LogP contribution < -0.4 is 22.5 Å². The highest BCUT2D eigenvalue weighted by atomic mass is 16.2. The Hall–Kier alpha value is -6.03. The van der Waals surface area contributed by atoms with Crippen molar-refractivity contribution < 1.29 is 0 Å². The molecule has 4 aromatic heterocycles. The van der Waals surface area contributed by atoms with E-state index in [9.17, 15) is 19.2 Å². The number of fused-ring (bicyclic) bond motifs is 4. The van der Waals surface area contributed by atoms with Crippen molar-refractivity contribution >= 4 is 60.4 Å². The minimum absolute atomic E-state index is 0. The van der Waals surface area contributed by atoms with Crippen LogP contribution >= 0.6 is 0 Å². The lowest BCUT2D eigenvalue weighted by Gasteiger charge is -2.30. The van der Waals surface area contributed by atoms with E-state index < -0.39 is 0 Å². The van der Waals surface area contributed by atoms with Gasteiger partial charge >= 0.3 is 11.4 Å². The van der Waals surface area contributed by atoms with Crippen LogP contribution in [0.4, 0.5) is 0 Å². The Morgan fingerprint density at radius 2 is 0.639 bits per heavy atom. The zero-order chi connectivity index (χ0) is 53.5. The van der Waals surface area contributed by atoms with Crippen molar-refractivity contribution in [3.8, 4) is 0 Å². The van der Waals surface area contributed by atoms with Gasteiger partial charge in [-0.25, -0.2) is 9.59 Å². The average molecular weight is 977 g/mol. The second-order valence-corrected chi connectivity index (χ2v) is 23.5. The molecule has 8 aromatic rings. The third-order valence-electron chi connectivity index (χ3n) is 11.6. The van der Waals surface area contributed by atoms with Crippen molar-refractivity contribution in [2.24, 2.45) is 0 Å². The maximum atomic E-state index is 12.0. The van der Waals surface area contributed by atoms with Crippen LogP contribution in [0.1, 0.15) is 175 Å². The maximum absolute atomic E-state index is 12.0. The predicted molar refractivity (Wildman–Crippen MR) is 313 cm³/mol. The molecular weight excluding hydrogens is 890 g/mol. The number of hydrogen-bond acceptors (Lipinski definition) is 4. The lowest BCUT2D eigenvalue weighted by Crippen LogP contribution is -2.31. The number of nitrogens with one attached hydrogen (secondary N) is 4. The summed E-state index contributed by atoms with van der Waals surface area (Å²) in [6.45, 7) is 46.6. The van der Waals surface area contributed by atoms with Crippen LogP contribution in [0, 0.1) is 0 Å². The van der Waals surface area contributed by atoms with Crippen molar-refractivity contribution in [2.75, 3.05) is 0 Å². The van der Waals surface area contributed by atoms with Crippen LogP contribution in [0.3, 0.4) is 0 Å². The fraction of sp³-hybridized carbons (Fsp3) is 0.467. The lowest BCUT2D eigenvalue weighted by molar-refractivity contribution is 0.397. The molecule has 0 aliphatic heterocycles. The zero-order valence-corrected chi connectivity index (χ0v) is 47.9. The summed E-state index contributed by atoms with van der Waals surface area (Å²) in [5.41, 5.74) is 8.58. The van der Waals surface area contributed by atoms with Gasteiger partial charge in [-0.05, 0) is 145 Å².